The van der Waals surface area contributed by atoms with E-state index in [1.807, 2.05) is 0 Å². The zero-order chi connectivity index (χ0) is 9.14. The van der Waals surface area contributed by atoms with Crippen LogP contribution >= 0.6 is 0 Å². The van der Waals surface area contributed by atoms with Gasteiger partial charge in [-0.15, -0.1) is 0 Å². The fourth-order valence-electron chi connectivity index (χ4n) is 1.28. The van der Waals surface area contributed by atoms with Crippen LogP contribution < -0.4 is 0 Å². The van der Waals surface area contributed by atoms with E-state index in [4.69, 9.17) is 9.84 Å². The molecule has 4 heteroatoms. The van der Waals surface area contributed by atoms with Gasteiger partial charge < -0.3 is 20.1 Å². The lowest BCUT2D eigenvalue weighted by Crippen LogP contribution is -2.33. The van der Waals surface area contributed by atoms with Crippen molar-refractivity contribution in [3.63, 3.8) is 0 Å². The number of aliphatic hydroxyl groups excluding tert-OH is 3. The third-order valence-corrected chi connectivity index (χ3v) is 1.96. The normalized spacial score (nSPS) is 42.7. The third kappa shape index (κ3) is 1.67. The Morgan fingerprint density at radius 3 is 2.42 bits per heavy atom. The summed E-state index contributed by atoms with van der Waals surface area (Å²) in [7, 11) is 0. The average Bonchev–Trinajstić information content (AvgIpc) is 2.33. The molecule has 0 aromatic carbocycles. The summed E-state index contributed by atoms with van der Waals surface area (Å²) >= 11 is 0. The predicted molar refractivity (Wildman–Crippen MR) is 42.6 cm³/mol. The lowest BCUT2D eigenvalue weighted by molar-refractivity contribution is -0.0123. The summed E-state index contributed by atoms with van der Waals surface area (Å²) in [5.41, 5.74) is 0. The van der Waals surface area contributed by atoms with E-state index in [-0.39, 0.29) is 6.61 Å². The quantitative estimate of drug-likeness (QED) is 0.472. The highest BCUT2D eigenvalue weighted by Crippen LogP contribution is 2.21. The monoisotopic (exact) mass is 174 g/mol. The van der Waals surface area contributed by atoms with Crippen molar-refractivity contribution >= 4 is 0 Å². The number of aliphatic hydroxyl groups is 3. The van der Waals surface area contributed by atoms with Crippen molar-refractivity contribution in [2.75, 3.05) is 6.61 Å². The zero-order valence-corrected chi connectivity index (χ0v) is 6.92. The van der Waals surface area contributed by atoms with E-state index in [1.165, 1.54) is 0 Å². The predicted octanol–water partition coefficient (Wildman–Crippen LogP) is -0.956. The summed E-state index contributed by atoms with van der Waals surface area (Å²) in [6, 6.07) is 0. The molecule has 0 amide bonds. The number of rotatable bonds is 2. The second-order valence-electron chi connectivity index (χ2n) is 2.83. The molecule has 0 bridgehead atoms. The zero-order valence-electron chi connectivity index (χ0n) is 6.92. The van der Waals surface area contributed by atoms with Gasteiger partial charge in [-0.3, -0.25) is 0 Å². The van der Waals surface area contributed by atoms with E-state index in [0.29, 0.717) is 0 Å². The summed E-state index contributed by atoms with van der Waals surface area (Å²) < 4.78 is 5.14. The van der Waals surface area contributed by atoms with E-state index in [9.17, 15) is 10.2 Å². The minimum atomic E-state index is -0.990. The Kier molecular flexibility index (Phi) is 3.22. The molecule has 4 nitrogen and oxygen atoms in total. The smallest absolute Gasteiger partial charge is 0.112 e. The van der Waals surface area contributed by atoms with E-state index in [2.05, 4.69) is 0 Å². The minimum absolute atomic E-state index is 0.272. The average molecular weight is 174 g/mol. The Hall–Kier alpha value is -0.420. The van der Waals surface area contributed by atoms with Gasteiger partial charge in [0.25, 0.3) is 0 Å². The topological polar surface area (TPSA) is 69.9 Å². The van der Waals surface area contributed by atoms with Gasteiger partial charge in [-0.25, -0.2) is 0 Å². The van der Waals surface area contributed by atoms with Crippen LogP contribution in [0.3, 0.4) is 0 Å². The highest BCUT2D eigenvalue weighted by atomic mass is 16.6. The lowest BCUT2D eigenvalue weighted by atomic mass is 10.1. The standard InChI is InChI=1S/C8H14O4/c1-2-3-5-7(10)8(11)6(4-9)12-5/h2-3,5-11H,4H2,1H3/t5-,6+,7+,8+/m0/s1. The second kappa shape index (κ2) is 4.00. The largest absolute Gasteiger partial charge is 0.394 e. The van der Waals surface area contributed by atoms with Gasteiger partial charge in [0.1, 0.15) is 24.4 Å². The molecule has 0 aromatic rings. The van der Waals surface area contributed by atoms with Gasteiger partial charge in [-0.2, -0.15) is 0 Å². The maximum atomic E-state index is 9.35. The number of ether oxygens (including phenoxy) is 1. The molecule has 1 aliphatic rings. The molecule has 70 valence electrons. The molecule has 4 atom stereocenters. The van der Waals surface area contributed by atoms with Gasteiger partial charge in [0.15, 0.2) is 0 Å². The Morgan fingerprint density at radius 2 is 2.00 bits per heavy atom. The summed E-state index contributed by atoms with van der Waals surface area (Å²) in [6.07, 6.45) is 0.307. The second-order valence-corrected chi connectivity index (χ2v) is 2.83. The van der Waals surface area contributed by atoms with Crippen LogP contribution in [0.1, 0.15) is 6.92 Å². The molecule has 1 fully saturated rings. The molecule has 12 heavy (non-hydrogen) atoms. The van der Waals surface area contributed by atoms with Crippen molar-refractivity contribution < 1.29 is 20.1 Å². The molecular weight excluding hydrogens is 160 g/mol. The lowest BCUT2D eigenvalue weighted by Gasteiger charge is -2.10. The van der Waals surface area contributed by atoms with E-state index >= 15 is 0 Å². The molecule has 0 unspecified atom stereocenters. The molecule has 1 aliphatic heterocycles. The summed E-state index contributed by atoms with van der Waals surface area (Å²) in [5, 5.41) is 27.4. The van der Waals surface area contributed by atoms with E-state index in [1.54, 1.807) is 19.1 Å². The van der Waals surface area contributed by atoms with E-state index < -0.39 is 24.4 Å². The van der Waals surface area contributed by atoms with Gasteiger partial charge in [0.2, 0.25) is 0 Å². The van der Waals surface area contributed by atoms with Crippen molar-refractivity contribution in [1.29, 1.82) is 0 Å². The van der Waals surface area contributed by atoms with Crippen molar-refractivity contribution in [3.8, 4) is 0 Å². The Bertz CT molecular complexity index is 168. The van der Waals surface area contributed by atoms with Gasteiger partial charge in [0, 0.05) is 0 Å². The Balaban J connectivity index is 2.60. The SMILES string of the molecule is CC=C[C@@H]1O[C@H](CO)[C@@H](O)[C@@H]1O. The first-order valence-corrected chi connectivity index (χ1v) is 3.96. The summed E-state index contributed by atoms with van der Waals surface area (Å²) in [4.78, 5) is 0. The summed E-state index contributed by atoms with van der Waals surface area (Å²) in [6.45, 7) is 1.53. The van der Waals surface area contributed by atoms with Crippen LogP contribution in [0.4, 0.5) is 0 Å². The van der Waals surface area contributed by atoms with Crippen LogP contribution in [0.5, 0.6) is 0 Å². The van der Waals surface area contributed by atoms with Crippen LogP contribution in [0.15, 0.2) is 12.2 Å². The van der Waals surface area contributed by atoms with Gasteiger partial charge >= 0.3 is 0 Å². The van der Waals surface area contributed by atoms with Crippen LogP contribution in [0.25, 0.3) is 0 Å². The Morgan fingerprint density at radius 1 is 1.33 bits per heavy atom. The first kappa shape index (κ1) is 9.67. The number of hydrogen-bond acceptors (Lipinski definition) is 4. The van der Waals surface area contributed by atoms with Crippen molar-refractivity contribution in [1.82, 2.24) is 0 Å². The molecule has 0 aliphatic carbocycles. The molecule has 1 rings (SSSR count). The maximum absolute atomic E-state index is 9.35. The molecule has 0 aromatic heterocycles. The molecule has 0 spiro atoms. The first-order chi connectivity index (χ1) is 5.70. The van der Waals surface area contributed by atoms with E-state index in [0.717, 1.165) is 0 Å². The highest BCUT2D eigenvalue weighted by molar-refractivity contribution is 5.00. The van der Waals surface area contributed by atoms with Gasteiger partial charge in [-0.1, -0.05) is 12.2 Å². The minimum Gasteiger partial charge on any atom is -0.394 e. The summed E-state index contributed by atoms with van der Waals surface area (Å²) in [5.74, 6) is 0. The van der Waals surface area contributed by atoms with Crippen LogP contribution in [0.2, 0.25) is 0 Å². The first-order valence-electron chi connectivity index (χ1n) is 3.96. The fraction of sp³-hybridized carbons (Fsp3) is 0.750. The highest BCUT2D eigenvalue weighted by Gasteiger charge is 2.40. The van der Waals surface area contributed by atoms with Crippen molar-refractivity contribution in [2.24, 2.45) is 0 Å². The molecule has 1 heterocycles. The molecule has 0 radical (unpaired) electrons. The number of hydrogen-bond donors (Lipinski definition) is 3. The maximum Gasteiger partial charge on any atom is 0.112 e. The fourth-order valence-corrected chi connectivity index (χ4v) is 1.28. The van der Waals surface area contributed by atoms with Crippen LogP contribution in [-0.4, -0.2) is 46.3 Å². The van der Waals surface area contributed by atoms with Gasteiger partial charge in [-0.05, 0) is 6.92 Å². The number of allylic oxidation sites excluding steroid dienone is 1. The van der Waals surface area contributed by atoms with Crippen molar-refractivity contribution in [2.45, 2.75) is 31.3 Å². The third-order valence-electron chi connectivity index (χ3n) is 1.96. The molecule has 3 N–H and O–H groups in total. The molecule has 0 saturated carbocycles. The Labute approximate surface area is 71.1 Å². The van der Waals surface area contributed by atoms with Crippen molar-refractivity contribution in [3.05, 3.63) is 12.2 Å². The van der Waals surface area contributed by atoms with Crippen LogP contribution in [-0.2, 0) is 4.74 Å². The molecule has 1 saturated heterocycles. The van der Waals surface area contributed by atoms with Crippen LogP contribution in [0, 0.1) is 0 Å². The van der Waals surface area contributed by atoms with Gasteiger partial charge in [0.05, 0.1) is 6.61 Å². The molecular formula is C8H14O4.